The van der Waals surface area contributed by atoms with Crippen LogP contribution < -0.4 is 15.8 Å². The first-order valence-corrected chi connectivity index (χ1v) is 5.70. The Morgan fingerprint density at radius 1 is 1.53 bits per heavy atom. The van der Waals surface area contributed by atoms with Gasteiger partial charge in [0, 0.05) is 10.6 Å². The predicted molar refractivity (Wildman–Crippen MR) is 69.9 cm³/mol. The Balaban J connectivity index is 2.93. The van der Waals surface area contributed by atoms with Crippen LogP contribution in [0.1, 0.15) is 10.4 Å². The van der Waals surface area contributed by atoms with E-state index in [0.717, 1.165) is 0 Å². The Bertz CT molecular complexity index is 481. The van der Waals surface area contributed by atoms with Gasteiger partial charge in [-0.25, -0.2) is 8.78 Å². The summed E-state index contributed by atoms with van der Waals surface area (Å²) in [5, 5.41) is 3.15. The molecule has 1 amide bonds. The summed E-state index contributed by atoms with van der Waals surface area (Å²) in [6.07, 6.45) is -2.59. The van der Waals surface area contributed by atoms with Crippen LogP contribution in [0.25, 0.3) is 0 Å². The second-order valence-electron chi connectivity index (χ2n) is 3.65. The van der Waals surface area contributed by atoms with Gasteiger partial charge in [-0.1, -0.05) is 18.2 Å². The van der Waals surface area contributed by atoms with E-state index in [1.54, 1.807) is 0 Å². The third-order valence-electron chi connectivity index (χ3n) is 2.10. The number of halogens is 3. The van der Waals surface area contributed by atoms with E-state index in [2.05, 4.69) is 11.9 Å². The maximum absolute atomic E-state index is 12.1. The molecule has 1 aromatic carbocycles. The van der Waals surface area contributed by atoms with Gasteiger partial charge in [-0.3, -0.25) is 4.79 Å². The molecule has 0 saturated heterocycles. The smallest absolute Gasteiger partial charge is 0.272 e. The minimum atomic E-state index is -2.59. The van der Waals surface area contributed by atoms with Gasteiger partial charge >= 0.3 is 0 Å². The number of anilines is 1. The maximum atomic E-state index is 12.1. The third kappa shape index (κ3) is 5.13. The Morgan fingerprint density at radius 3 is 2.74 bits per heavy atom. The molecule has 0 aliphatic heterocycles. The lowest BCUT2D eigenvalue weighted by Gasteiger charge is -2.13. The number of ether oxygens (including phenoxy) is 1. The van der Waals surface area contributed by atoms with Crippen LogP contribution in [0.2, 0.25) is 0 Å². The minimum Gasteiger partial charge on any atom is -0.485 e. The van der Waals surface area contributed by atoms with Gasteiger partial charge in [0.15, 0.2) is 0 Å². The largest absolute Gasteiger partial charge is 0.485 e. The Kier molecular flexibility index (Phi) is 5.57. The second-order valence-corrected chi connectivity index (χ2v) is 4.18. The molecule has 1 aromatic rings. The molecule has 0 aliphatic carbocycles. The molecule has 0 heterocycles. The lowest BCUT2D eigenvalue weighted by Crippen LogP contribution is -2.13. The van der Waals surface area contributed by atoms with E-state index in [0.29, 0.717) is 10.7 Å². The molecule has 3 N–H and O–H groups in total. The van der Waals surface area contributed by atoms with Crippen LogP contribution in [0.5, 0.6) is 5.75 Å². The lowest BCUT2D eigenvalue weighted by atomic mass is 10.1. The Morgan fingerprint density at radius 2 is 2.21 bits per heavy atom. The highest BCUT2D eigenvalue weighted by Gasteiger charge is 2.11. The fraction of sp³-hybridized carbons (Fsp3) is 0.250. The van der Waals surface area contributed by atoms with Gasteiger partial charge in [0.2, 0.25) is 5.91 Å². The summed E-state index contributed by atoms with van der Waals surface area (Å²) in [7, 11) is 0. The van der Waals surface area contributed by atoms with Crippen LogP contribution in [0.4, 0.5) is 14.5 Å². The summed E-state index contributed by atoms with van der Waals surface area (Å²) in [6.45, 7) is 2.94. The molecule has 0 bridgehead atoms. The fourth-order valence-corrected chi connectivity index (χ4v) is 1.36. The fourth-order valence-electron chi connectivity index (χ4n) is 1.29. The summed E-state index contributed by atoms with van der Waals surface area (Å²) in [5.41, 5.74) is 5.71. The van der Waals surface area contributed by atoms with Gasteiger partial charge < -0.3 is 15.8 Å². The third-order valence-corrected chi connectivity index (χ3v) is 2.23. The zero-order valence-corrected chi connectivity index (χ0v) is 10.7. The van der Waals surface area contributed by atoms with Crippen LogP contribution >= 0.6 is 11.6 Å². The van der Waals surface area contributed by atoms with Crippen molar-refractivity contribution in [2.45, 2.75) is 6.43 Å². The van der Waals surface area contributed by atoms with Crippen molar-refractivity contribution in [3.63, 3.8) is 0 Å². The maximum Gasteiger partial charge on any atom is 0.272 e. The van der Waals surface area contributed by atoms with Crippen molar-refractivity contribution in [1.82, 2.24) is 0 Å². The first kappa shape index (κ1) is 15.2. The number of carbonyl (C=O) groups is 1. The Labute approximate surface area is 114 Å². The van der Waals surface area contributed by atoms with E-state index in [1.807, 2.05) is 0 Å². The molecule has 19 heavy (non-hydrogen) atoms. The molecule has 0 saturated carbocycles. The molecule has 4 nitrogen and oxygen atoms in total. The molecule has 0 aromatic heterocycles. The van der Waals surface area contributed by atoms with Gasteiger partial charge in [0.25, 0.3) is 6.43 Å². The highest BCUT2D eigenvalue weighted by molar-refractivity contribution is 6.29. The molecule has 0 fully saturated rings. The Hall–Kier alpha value is -1.82. The van der Waals surface area contributed by atoms with Gasteiger partial charge in [0.1, 0.15) is 12.4 Å². The van der Waals surface area contributed by atoms with Crippen LogP contribution in [-0.4, -0.2) is 25.5 Å². The molecule has 0 atom stereocenters. The van der Waals surface area contributed by atoms with E-state index in [1.165, 1.54) is 18.2 Å². The van der Waals surface area contributed by atoms with E-state index >= 15 is 0 Å². The lowest BCUT2D eigenvalue weighted by molar-refractivity contribution is 0.0822. The quantitative estimate of drug-likeness (QED) is 0.811. The van der Waals surface area contributed by atoms with Crippen LogP contribution in [-0.2, 0) is 0 Å². The summed E-state index contributed by atoms with van der Waals surface area (Å²) in [4.78, 5) is 11.1. The van der Waals surface area contributed by atoms with Crippen molar-refractivity contribution in [3.05, 3.63) is 35.4 Å². The molecule has 0 unspecified atom stereocenters. The zero-order valence-electron chi connectivity index (χ0n) is 9.96. The van der Waals surface area contributed by atoms with Gasteiger partial charge in [-0.2, -0.15) is 0 Å². The number of amides is 1. The van der Waals surface area contributed by atoms with Gasteiger partial charge in [-0.15, -0.1) is 0 Å². The molecule has 104 valence electrons. The predicted octanol–water partition coefficient (Wildman–Crippen LogP) is 2.59. The summed E-state index contributed by atoms with van der Waals surface area (Å²) in [5.74, 6) is -0.448. The topological polar surface area (TPSA) is 64.3 Å². The number of nitrogens with one attached hydrogen (secondary N) is 1. The molecular formula is C12H13ClF2N2O2. The van der Waals surface area contributed by atoms with Crippen molar-refractivity contribution in [3.8, 4) is 5.75 Å². The minimum absolute atomic E-state index is 0.184. The average Bonchev–Trinajstić information content (AvgIpc) is 2.33. The van der Waals surface area contributed by atoms with Crippen molar-refractivity contribution in [2.24, 2.45) is 5.73 Å². The number of alkyl halides is 2. The van der Waals surface area contributed by atoms with E-state index in [-0.39, 0.29) is 17.9 Å². The van der Waals surface area contributed by atoms with Crippen LogP contribution in [0.15, 0.2) is 29.8 Å². The van der Waals surface area contributed by atoms with Crippen molar-refractivity contribution < 1.29 is 18.3 Å². The van der Waals surface area contributed by atoms with Crippen molar-refractivity contribution in [2.75, 3.05) is 18.5 Å². The standard InChI is InChI=1S/C12H13ClF2N2O2/c1-7(13)5-17-9-4-8(12(16)18)2-3-10(9)19-6-11(14)15/h2-4,11,17H,1,5-6H2,(H2,16,18). The highest BCUT2D eigenvalue weighted by atomic mass is 35.5. The first-order valence-electron chi connectivity index (χ1n) is 5.32. The first-order chi connectivity index (χ1) is 8.90. The van der Waals surface area contributed by atoms with E-state index < -0.39 is 18.9 Å². The molecule has 0 spiro atoms. The summed E-state index contributed by atoms with van der Waals surface area (Å²) in [6, 6.07) is 4.19. The van der Waals surface area contributed by atoms with Crippen molar-refractivity contribution >= 4 is 23.2 Å². The molecule has 7 heteroatoms. The SMILES string of the molecule is C=C(Cl)CNc1cc(C(N)=O)ccc1OCC(F)F. The number of primary amides is 1. The van der Waals surface area contributed by atoms with Gasteiger partial charge in [0.05, 0.1) is 12.2 Å². The summed E-state index contributed by atoms with van der Waals surface area (Å²) >= 11 is 5.60. The number of benzene rings is 1. The highest BCUT2D eigenvalue weighted by Crippen LogP contribution is 2.26. The molecule has 0 aliphatic rings. The number of nitrogens with two attached hydrogens (primary N) is 1. The summed E-state index contributed by atoms with van der Waals surface area (Å²) < 4.78 is 29.2. The zero-order chi connectivity index (χ0) is 14.4. The van der Waals surface area contributed by atoms with Crippen molar-refractivity contribution in [1.29, 1.82) is 0 Å². The monoisotopic (exact) mass is 290 g/mol. The van der Waals surface area contributed by atoms with Crippen LogP contribution in [0.3, 0.4) is 0 Å². The van der Waals surface area contributed by atoms with Crippen LogP contribution in [0, 0.1) is 0 Å². The number of hydrogen-bond acceptors (Lipinski definition) is 3. The molecule has 0 radical (unpaired) electrons. The second kappa shape index (κ2) is 6.94. The van der Waals surface area contributed by atoms with E-state index in [9.17, 15) is 13.6 Å². The molecule has 1 rings (SSSR count). The van der Waals surface area contributed by atoms with E-state index in [4.69, 9.17) is 22.1 Å². The normalized spacial score (nSPS) is 10.3. The number of carbonyl (C=O) groups excluding carboxylic acids is 1. The number of rotatable bonds is 7. The number of hydrogen-bond donors (Lipinski definition) is 2. The average molecular weight is 291 g/mol. The molecular weight excluding hydrogens is 278 g/mol. The van der Waals surface area contributed by atoms with Gasteiger partial charge in [-0.05, 0) is 18.2 Å².